The molecule has 0 bridgehead atoms. The number of hydrogen-bond acceptors (Lipinski definition) is 4. The Morgan fingerprint density at radius 1 is 1.13 bits per heavy atom. The molecule has 4 nitrogen and oxygen atoms in total. The number of ether oxygens (including phenoxy) is 1. The largest absolute Gasteiger partial charge is 0.444 e. The highest BCUT2D eigenvalue weighted by molar-refractivity contribution is 7.93. The second kappa shape index (κ2) is 7.06. The molecule has 2 aromatic carbocycles. The van der Waals surface area contributed by atoms with Crippen molar-refractivity contribution in [2.24, 2.45) is 0 Å². The van der Waals surface area contributed by atoms with Gasteiger partial charge in [-0.2, -0.15) is 0 Å². The third-order valence-corrected chi connectivity index (χ3v) is 4.75. The highest BCUT2D eigenvalue weighted by Gasteiger charge is 2.43. The number of amides is 1. The molecule has 0 aliphatic carbocycles. The lowest BCUT2D eigenvalue weighted by Gasteiger charge is -2.30. The van der Waals surface area contributed by atoms with Gasteiger partial charge in [0.2, 0.25) is 0 Å². The maximum absolute atomic E-state index is 12.4. The molecule has 1 saturated heterocycles. The van der Waals surface area contributed by atoms with Crippen LogP contribution in [0.3, 0.4) is 0 Å². The minimum Gasteiger partial charge on any atom is -0.444 e. The van der Waals surface area contributed by atoms with E-state index in [9.17, 15) is 4.79 Å². The molecular weight excluding hydrogens is 310 g/mol. The molecule has 23 heavy (non-hydrogen) atoms. The quantitative estimate of drug-likeness (QED) is 0.622. The van der Waals surface area contributed by atoms with E-state index in [2.05, 4.69) is 12.1 Å². The maximum Gasteiger partial charge on any atom is 0.422 e. The molecule has 0 spiro atoms. The fraction of sp³-hybridized carbons (Fsp3) is 0.278. The molecule has 0 radical (unpaired) electrons. The first-order chi connectivity index (χ1) is 11.2. The summed E-state index contributed by atoms with van der Waals surface area (Å²) < 4.78 is 12.5. The van der Waals surface area contributed by atoms with E-state index in [4.69, 9.17) is 8.92 Å². The van der Waals surface area contributed by atoms with Crippen LogP contribution >= 0.6 is 12.2 Å². The van der Waals surface area contributed by atoms with Crippen molar-refractivity contribution in [3.05, 3.63) is 71.8 Å². The van der Waals surface area contributed by atoms with Crippen LogP contribution in [0.15, 0.2) is 60.7 Å². The van der Waals surface area contributed by atoms with Gasteiger partial charge in [0.25, 0.3) is 0 Å². The lowest BCUT2D eigenvalue weighted by atomic mass is 9.94. The molecule has 0 N–H and O–H groups in total. The molecule has 1 fully saturated rings. The van der Waals surface area contributed by atoms with Crippen molar-refractivity contribution in [2.75, 3.05) is 6.61 Å². The number of carbonyl (C=O) groups excluding carboxylic acids is 1. The summed E-state index contributed by atoms with van der Waals surface area (Å²) in [5.41, 5.74) is 1.72. The average molecular weight is 329 g/mol. The van der Waals surface area contributed by atoms with Gasteiger partial charge in [-0.05, 0) is 24.5 Å². The van der Waals surface area contributed by atoms with Crippen LogP contribution in [-0.2, 0) is 21.9 Å². The van der Waals surface area contributed by atoms with E-state index in [0.29, 0.717) is 6.61 Å². The normalized spacial score (nSPS) is 20.5. The Morgan fingerprint density at radius 3 is 2.39 bits per heavy atom. The molecule has 5 heteroatoms. The number of nitrogens with zero attached hydrogens (tertiary/aromatic N) is 1. The van der Waals surface area contributed by atoms with Gasteiger partial charge in [-0.1, -0.05) is 60.7 Å². The maximum atomic E-state index is 12.4. The monoisotopic (exact) mass is 329 g/mol. The van der Waals surface area contributed by atoms with Crippen LogP contribution in [0.2, 0.25) is 0 Å². The first kappa shape index (κ1) is 15.9. The summed E-state index contributed by atoms with van der Waals surface area (Å²) in [6, 6.07) is 19.8. The summed E-state index contributed by atoms with van der Waals surface area (Å²) >= 11 is 1.07. The third-order valence-electron chi connectivity index (χ3n) is 3.79. The Bertz CT molecular complexity index is 650. The van der Waals surface area contributed by atoms with Crippen molar-refractivity contribution in [3.63, 3.8) is 0 Å². The average Bonchev–Trinajstić information content (AvgIpc) is 2.96. The Labute approximate surface area is 140 Å². The molecule has 1 atom stereocenters. The molecule has 120 valence electrons. The summed E-state index contributed by atoms with van der Waals surface area (Å²) in [4.78, 5) is 12.4. The highest BCUT2D eigenvalue weighted by atomic mass is 32.2. The van der Waals surface area contributed by atoms with Crippen molar-refractivity contribution in [1.29, 1.82) is 0 Å². The molecule has 0 aromatic heterocycles. The topological polar surface area (TPSA) is 38.8 Å². The molecular formula is C18H19NO3S. The Balaban J connectivity index is 1.64. The second-order valence-electron chi connectivity index (χ2n) is 5.83. The van der Waals surface area contributed by atoms with Gasteiger partial charge < -0.3 is 4.74 Å². The summed E-state index contributed by atoms with van der Waals surface area (Å²) in [7, 11) is 0. The predicted octanol–water partition coefficient (Wildman–Crippen LogP) is 4.22. The fourth-order valence-electron chi connectivity index (χ4n) is 2.54. The van der Waals surface area contributed by atoms with E-state index in [0.717, 1.165) is 24.2 Å². The van der Waals surface area contributed by atoms with E-state index in [1.54, 1.807) is 4.31 Å². The van der Waals surface area contributed by atoms with Crippen LogP contribution < -0.4 is 0 Å². The van der Waals surface area contributed by atoms with Gasteiger partial charge in [-0.25, -0.2) is 9.10 Å². The second-order valence-corrected chi connectivity index (χ2v) is 6.58. The molecule has 3 rings (SSSR count). The number of rotatable bonds is 4. The van der Waals surface area contributed by atoms with Crippen LogP contribution in [0, 0.1) is 0 Å². The first-order valence-electron chi connectivity index (χ1n) is 7.52. The van der Waals surface area contributed by atoms with Crippen molar-refractivity contribution in [3.8, 4) is 0 Å². The number of carbonyl (C=O) groups is 1. The zero-order valence-corrected chi connectivity index (χ0v) is 13.8. The summed E-state index contributed by atoms with van der Waals surface area (Å²) in [6.45, 7) is 2.76. The molecule has 0 unspecified atom stereocenters. The van der Waals surface area contributed by atoms with E-state index in [-0.39, 0.29) is 12.7 Å². The van der Waals surface area contributed by atoms with Gasteiger partial charge in [-0.3, -0.25) is 4.18 Å². The molecule has 1 heterocycles. The van der Waals surface area contributed by atoms with Crippen molar-refractivity contribution >= 4 is 18.3 Å². The van der Waals surface area contributed by atoms with E-state index in [1.807, 2.05) is 55.5 Å². The Kier molecular flexibility index (Phi) is 4.88. The first-order valence-corrected chi connectivity index (χ1v) is 8.22. The minimum atomic E-state index is -0.417. The van der Waals surface area contributed by atoms with Crippen LogP contribution in [0.1, 0.15) is 18.1 Å². The van der Waals surface area contributed by atoms with Gasteiger partial charge in [0.1, 0.15) is 18.8 Å². The van der Waals surface area contributed by atoms with E-state index >= 15 is 0 Å². The van der Waals surface area contributed by atoms with Crippen LogP contribution in [0.25, 0.3) is 0 Å². The summed E-state index contributed by atoms with van der Waals surface area (Å²) in [6.07, 6.45) is 0.358. The SMILES string of the molecule is C[C@]1(Cc2ccccc2)COSN1C(=O)OCc1ccccc1. The van der Waals surface area contributed by atoms with Crippen molar-refractivity contribution in [2.45, 2.75) is 25.5 Å². The molecule has 1 amide bonds. The summed E-state index contributed by atoms with van der Waals surface area (Å²) in [5.74, 6) is 0. The highest BCUT2D eigenvalue weighted by Crippen LogP contribution is 2.36. The van der Waals surface area contributed by atoms with Gasteiger partial charge in [0, 0.05) is 0 Å². The molecule has 2 aromatic rings. The molecule has 1 aliphatic rings. The van der Waals surface area contributed by atoms with Gasteiger partial charge in [0.05, 0.1) is 12.1 Å². The third kappa shape index (κ3) is 3.86. The van der Waals surface area contributed by atoms with Gasteiger partial charge >= 0.3 is 6.09 Å². The molecule has 0 saturated carbocycles. The fourth-order valence-corrected chi connectivity index (χ4v) is 3.36. The Morgan fingerprint density at radius 2 is 1.74 bits per heavy atom. The molecule has 1 aliphatic heterocycles. The van der Waals surface area contributed by atoms with Crippen molar-refractivity contribution < 1.29 is 13.7 Å². The minimum absolute atomic E-state index is 0.262. The number of benzene rings is 2. The smallest absolute Gasteiger partial charge is 0.422 e. The lowest BCUT2D eigenvalue weighted by Crippen LogP contribution is -2.45. The lowest BCUT2D eigenvalue weighted by molar-refractivity contribution is 0.0967. The van der Waals surface area contributed by atoms with Crippen LogP contribution in [0.4, 0.5) is 4.79 Å². The van der Waals surface area contributed by atoms with Gasteiger partial charge in [0.15, 0.2) is 0 Å². The standard InChI is InChI=1S/C18H19NO3S/c1-18(12-15-8-4-2-5-9-15)14-22-23-19(18)17(20)21-13-16-10-6-3-7-11-16/h2-11H,12-14H2,1H3/t18-/m0/s1. The van der Waals surface area contributed by atoms with Crippen LogP contribution in [-0.4, -0.2) is 22.5 Å². The summed E-state index contributed by atoms with van der Waals surface area (Å²) in [5, 5.41) is 0. The van der Waals surface area contributed by atoms with Gasteiger partial charge in [-0.15, -0.1) is 0 Å². The zero-order chi connectivity index (χ0) is 16.1. The van der Waals surface area contributed by atoms with Crippen LogP contribution in [0.5, 0.6) is 0 Å². The van der Waals surface area contributed by atoms with E-state index in [1.165, 1.54) is 5.56 Å². The Hall–Kier alpha value is -1.98. The zero-order valence-electron chi connectivity index (χ0n) is 13.0. The van der Waals surface area contributed by atoms with E-state index < -0.39 is 5.54 Å². The van der Waals surface area contributed by atoms with Crippen molar-refractivity contribution in [1.82, 2.24) is 4.31 Å². The predicted molar refractivity (Wildman–Crippen MR) is 90.6 cm³/mol. The number of hydrogen-bond donors (Lipinski definition) is 0.